The zero-order chi connectivity index (χ0) is 46.2. The maximum Gasteiger partial charge on any atom is 0.210 e. The molecule has 0 aromatic heterocycles. The molecule has 9 nitrogen and oxygen atoms in total. The second kappa shape index (κ2) is 18.7. The lowest BCUT2D eigenvalue weighted by Gasteiger charge is -2.39. The van der Waals surface area contributed by atoms with Gasteiger partial charge in [-0.05, 0) is 125 Å². The molecule has 3 heterocycles. The summed E-state index contributed by atoms with van der Waals surface area (Å²) in [7, 11) is -8.94. The standard InChI is InChI=1S/C46H49ClN2O6S2.C6H15N/c1-45(2)39(48(28-9-10-30-56(50,51)52)37-24-20-31-13-5-7-17-35(31)42(37)45)26-22-33-15-11-16-34(44(33)47)23-27-40-46(3,4)43-36-18-8-6-14-32(36)21-25-38(43)49(40)29-12-19-41(49)57(53,54)55;1-4-7(5-2)6-3/h5-8,13-14,17-18,20-27,41H,9-12,15-16,19,28-30H2,1-4H3;4-6H2,1-3H3/p+1/b26-22+,34-23+,40-27+;. The van der Waals surface area contributed by atoms with Gasteiger partial charge in [-0.3, -0.25) is 0 Å². The highest BCUT2D eigenvalue weighted by atomic mass is 35.5. The molecular weight excluding hydrogens is 862 g/mol. The van der Waals surface area contributed by atoms with Crippen LogP contribution in [-0.2, 0) is 31.1 Å². The zero-order valence-corrected chi connectivity index (χ0v) is 40.9. The van der Waals surface area contributed by atoms with Gasteiger partial charge in [0.15, 0.2) is 21.2 Å². The van der Waals surface area contributed by atoms with Gasteiger partial charge in [-0.1, -0.05) is 72.3 Å². The number of unbranched alkanes of at least 4 members (excludes halogenated alkanes) is 1. The van der Waals surface area contributed by atoms with E-state index in [9.17, 15) is 25.9 Å². The van der Waals surface area contributed by atoms with Crippen LogP contribution in [0.15, 0.2) is 119 Å². The van der Waals surface area contributed by atoms with E-state index in [0.29, 0.717) is 37.4 Å². The van der Waals surface area contributed by atoms with Crippen LogP contribution in [0, 0.1) is 0 Å². The molecule has 0 amide bonds. The van der Waals surface area contributed by atoms with E-state index in [1.807, 2.05) is 36.4 Å². The predicted molar refractivity (Wildman–Crippen MR) is 262 cm³/mol. The molecule has 1 saturated heterocycles. The minimum atomic E-state index is -4.64. The van der Waals surface area contributed by atoms with Gasteiger partial charge in [-0.15, -0.1) is 0 Å². The molecule has 1 spiro atoms. The van der Waals surface area contributed by atoms with Gasteiger partial charge in [-0.2, -0.15) is 4.58 Å². The average Bonchev–Trinajstić information content (AvgIpc) is 3.85. The first kappa shape index (κ1) is 48.0. The molecule has 1 fully saturated rings. The fourth-order valence-corrected chi connectivity index (χ4v) is 13.4. The Kier molecular flexibility index (Phi) is 14.1. The Labute approximate surface area is 386 Å². The number of halogens is 1. The Hall–Kier alpha value is -3.94. The highest BCUT2D eigenvalue weighted by molar-refractivity contribution is 7.86. The number of hydrogen-bond acceptors (Lipinski definition) is 6. The van der Waals surface area contributed by atoms with Crippen LogP contribution in [0.1, 0.15) is 105 Å². The molecular formula is C52H65ClN3O6S2+. The van der Waals surface area contributed by atoms with Crippen LogP contribution in [-0.4, -0.2) is 80.1 Å². The molecule has 0 radical (unpaired) electrons. The molecule has 342 valence electrons. The van der Waals surface area contributed by atoms with Crippen LogP contribution in [0.2, 0.25) is 0 Å². The predicted octanol–water partition coefficient (Wildman–Crippen LogP) is 9.63. The van der Waals surface area contributed by atoms with Crippen molar-refractivity contribution in [2.24, 2.45) is 0 Å². The van der Waals surface area contributed by atoms with E-state index >= 15 is 0 Å². The van der Waals surface area contributed by atoms with Crippen LogP contribution >= 0.6 is 11.6 Å². The van der Waals surface area contributed by atoms with Gasteiger partial charge in [0.2, 0.25) is 5.69 Å². The average molecular weight is 928 g/mol. The number of benzene rings is 4. The van der Waals surface area contributed by atoms with Crippen molar-refractivity contribution >= 4 is 70.5 Å². The van der Waals surface area contributed by atoms with E-state index < -0.39 is 31.0 Å². The number of fused-ring (bicyclic) bond motifs is 7. The van der Waals surface area contributed by atoms with E-state index in [-0.39, 0.29) is 22.1 Å². The topological polar surface area (TPSA) is 122 Å². The van der Waals surface area contributed by atoms with Crippen molar-refractivity contribution in [2.75, 3.05) is 38.5 Å². The minimum Gasteiger partial charge on any atom is -0.748 e. The molecule has 3 aliphatic heterocycles. The van der Waals surface area contributed by atoms with E-state index in [0.717, 1.165) is 74.9 Å². The Morgan fingerprint density at radius 3 is 2.00 bits per heavy atom. The number of nitrogens with zero attached hydrogens (tertiary/aromatic N) is 2. The smallest absolute Gasteiger partial charge is 0.210 e. The number of hydrogen-bond donors (Lipinski definition) is 1. The van der Waals surface area contributed by atoms with Gasteiger partial charge >= 0.3 is 0 Å². The van der Waals surface area contributed by atoms with Gasteiger partial charge in [-0.25, -0.2) is 21.3 Å². The lowest BCUT2D eigenvalue weighted by atomic mass is 9.78. The van der Waals surface area contributed by atoms with Gasteiger partial charge in [0.05, 0.1) is 47.1 Å². The van der Waals surface area contributed by atoms with Gasteiger partial charge < -0.3 is 14.0 Å². The van der Waals surface area contributed by atoms with Crippen molar-refractivity contribution in [2.45, 2.75) is 110 Å². The molecule has 1 N–H and O–H groups in total. The van der Waals surface area contributed by atoms with Crippen molar-refractivity contribution in [3.63, 3.8) is 0 Å². The van der Waals surface area contributed by atoms with Crippen LogP contribution in [0.5, 0.6) is 0 Å². The molecule has 0 bridgehead atoms. The quantitative estimate of drug-likeness (QED) is 0.0654. The van der Waals surface area contributed by atoms with Crippen LogP contribution in [0.25, 0.3) is 21.5 Å². The Bertz CT molecular complexity index is 2830. The first-order valence-corrected chi connectivity index (χ1v) is 26.5. The van der Waals surface area contributed by atoms with Gasteiger partial charge in [0, 0.05) is 59.4 Å². The van der Waals surface area contributed by atoms with Crippen molar-refractivity contribution in [1.29, 1.82) is 0 Å². The number of allylic oxidation sites excluding steroid dienone is 8. The summed E-state index contributed by atoms with van der Waals surface area (Å²) in [5.74, 6) is -0.388. The third-order valence-corrected chi connectivity index (χ3v) is 17.0. The molecule has 4 aliphatic rings. The van der Waals surface area contributed by atoms with E-state index in [4.69, 9.17) is 11.6 Å². The van der Waals surface area contributed by atoms with Crippen molar-refractivity contribution in [3.8, 4) is 0 Å². The molecule has 2 unspecified atom stereocenters. The summed E-state index contributed by atoms with van der Waals surface area (Å²) < 4.78 is 75.6. The lowest BCUT2D eigenvalue weighted by Crippen LogP contribution is -3.11. The highest BCUT2D eigenvalue weighted by Gasteiger charge is 2.61. The fraction of sp³-hybridized carbons (Fsp3) is 0.442. The molecule has 64 heavy (non-hydrogen) atoms. The first-order chi connectivity index (χ1) is 30.3. The largest absolute Gasteiger partial charge is 0.748 e. The summed E-state index contributed by atoms with van der Waals surface area (Å²) >= 11 is 7.30. The van der Waals surface area contributed by atoms with Crippen molar-refractivity contribution in [3.05, 3.63) is 130 Å². The summed E-state index contributed by atoms with van der Waals surface area (Å²) in [6.45, 7) is 20.3. The van der Waals surface area contributed by atoms with Crippen LogP contribution < -0.4 is 9.38 Å². The first-order valence-electron chi connectivity index (χ1n) is 23.1. The third-order valence-electron chi connectivity index (χ3n) is 14.4. The normalized spacial score (nSPS) is 23.0. The van der Waals surface area contributed by atoms with Crippen molar-refractivity contribution in [1.82, 2.24) is 4.48 Å². The van der Waals surface area contributed by atoms with Gasteiger partial charge in [0.25, 0.3) is 0 Å². The number of quaternary nitrogens is 2. The Balaban J connectivity index is 0.000000809. The molecule has 4 aromatic rings. The highest BCUT2D eigenvalue weighted by Crippen LogP contribution is 2.59. The Morgan fingerprint density at radius 1 is 0.766 bits per heavy atom. The summed E-state index contributed by atoms with van der Waals surface area (Å²) in [6, 6.07) is 24.8. The van der Waals surface area contributed by atoms with Crippen LogP contribution in [0.3, 0.4) is 0 Å². The Morgan fingerprint density at radius 2 is 1.39 bits per heavy atom. The third kappa shape index (κ3) is 8.98. The SMILES string of the molecule is CC1(C)C(/C=C/C2=C(Cl)C(=C/C=C3\C(C)(C)c4c(ccc5ccccc45)[N+]34CCCC4S(=O)(=O)[O-])/CCC2)=[N+](CCCCS(=O)(=O)[O-])c2ccc3ccccc3c21.CC[NH+](CC)CC. The zero-order valence-electron chi connectivity index (χ0n) is 38.5. The number of nitrogens with one attached hydrogen (secondary N) is 1. The van der Waals surface area contributed by atoms with Crippen molar-refractivity contribution < 1.29 is 35.4 Å². The minimum absolute atomic E-state index is 0.0239. The summed E-state index contributed by atoms with van der Waals surface area (Å²) in [6.07, 6.45) is 12.5. The van der Waals surface area contributed by atoms with E-state index in [1.165, 1.54) is 30.6 Å². The maximum absolute atomic E-state index is 13.0. The second-order valence-corrected chi connectivity index (χ2v) is 22.3. The molecule has 4 aromatic carbocycles. The van der Waals surface area contributed by atoms with Crippen LogP contribution in [0.4, 0.5) is 11.4 Å². The summed E-state index contributed by atoms with van der Waals surface area (Å²) in [4.78, 5) is 1.68. The molecule has 8 rings (SSSR count). The maximum atomic E-state index is 13.0. The molecule has 2 atom stereocenters. The fourth-order valence-electron chi connectivity index (χ4n) is 11.3. The van der Waals surface area contributed by atoms with Gasteiger partial charge in [0.1, 0.15) is 17.9 Å². The lowest BCUT2D eigenvalue weighted by molar-refractivity contribution is -0.894. The van der Waals surface area contributed by atoms with E-state index in [1.54, 1.807) is 4.90 Å². The summed E-state index contributed by atoms with van der Waals surface area (Å²) in [5.41, 5.74) is 7.21. The molecule has 1 aliphatic carbocycles. The number of rotatable bonds is 12. The van der Waals surface area contributed by atoms with E-state index in [2.05, 4.69) is 114 Å². The second-order valence-electron chi connectivity index (χ2n) is 18.9. The summed E-state index contributed by atoms with van der Waals surface area (Å²) in [5, 5.41) is 4.01. The molecule has 12 heteroatoms. The molecule has 0 saturated carbocycles. The monoisotopic (exact) mass is 926 g/mol.